The van der Waals surface area contributed by atoms with Crippen molar-refractivity contribution in [2.75, 3.05) is 0 Å². The molecular weight excluding hydrogens is 867 g/mol. The number of imidazole rings is 1. The Morgan fingerprint density at radius 3 is 1.87 bits per heavy atom. The van der Waals surface area contributed by atoms with Gasteiger partial charge < -0.3 is 9.30 Å². The van der Waals surface area contributed by atoms with Crippen LogP contribution in [0.15, 0.2) is 230 Å². The third-order valence-electron chi connectivity index (χ3n) is 13.2. The summed E-state index contributed by atoms with van der Waals surface area (Å²) in [4.78, 5) is 4.92. The van der Waals surface area contributed by atoms with Gasteiger partial charge in [-0.15, -0.1) is 0 Å². The van der Waals surface area contributed by atoms with Crippen LogP contribution in [0.2, 0.25) is 0 Å². The summed E-state index contributed by atoms with van der Waals surface area (Å²) in [5.74, 6) is 1.38. The molecule has 0 fully saturated rings. The van der Waals surface area contributed by atoms with Crippen LogP contribution in [-0.2, 0) is 0 Å². The Balaban J connectivity index is 1.08. The molecule has 6 nitrogen and oxygen atoms in total. The number of para-hydroxylation sites is 6. The molecule has 0 aliphatic heterocycles. The normalized spacial score (nSPS) is 15.8. The number of ether oxygens (including phenoxy) is 1. The highest BCUT2D eigenvalue weighted by atomic mass is 16.5. The van der Waals surface area contributed by atoms with Gasteiger partial charge in [0.05, 0.1) is 74.8 Å². The van der Waals surface area contributed by atoms with Crippen molar-refractivity contribution in [2.45, 2.75) is 26.7 Å². The molecule has 0 radical (unpaired) electrons. The lowest BCUT2D eigenvalue weighted by molar-refractivity contribution is -0.571. The molecule has 71 heavy (non-hydrogen) atoms. The van der Waals surface area contributed by atoms with Crippen LogP contribution in [0.4, 0.5) is 0 Å². The van der Waals surface area contributed by atoms with Gasteiger partial charge in [-0.2, -0.15) is 0 Å². The van der Waals surface area contributed by atoms with Crippen molar-refractivity contribution in [1.82, 2.24) is 18.7 Å². The third-order valence-corrected chi connectivity index (χ3v) is 13.2. The van der Waals surface area contributed by atoms with E-state index in [-0.39, 0.29) is 78.8 Å². The molecule has 13 rings (SSSR count). The molecular formula is C65H49N5O. The lowest BCUT2D eigenvalue weighted by Gasteiger charge is -2.18. The van der Waals surface area contributed by atoms with E-state index in [0.717, 1.165) is 5.56 Å². The first-order valence-corrected chi connectivity index (χ1v) is 23.0. The molecule has 9 aromatic carbocycles. The minimum Gasteiger partial charge on any atom is -0.458 e. The van der Waals surface area contributed by atoms with Gasteiger partial charge in [0, 0.05) is 39.9 Å². The SMILES string of the molecule is [2H]c1c([2H])c([2H])c(-c2cccc(-c3c([2H])c([2H])c([2H])c([2H])c3[2H])c2-[n+]2[c-]n(-c3cccc(Oc4cc(-n5c6c([2H])c([2H])c([2H])c([2H])c6c6c([2H])c([2H])c([2H])c([2H])c65)c5c6ccccc6n(-c6cc(C(C)C(C)C)ccn6)c5c4)c3)c3ccccc32)c([2H])c1[2H]. The van der Waals surface area contributed by atoms with Crippen molar-refractivity contribution in [3.05, 3.63) is 242 Å². The van der Waals surface area contributed by atoms with Crippen LogP contribution in [0.1, 0.15) is 56.9 Å². The number of benzene rings is 9. The second-order valence-electron chi connectivity index (χ2n) is 17.5. The number of hydrogen-bond acceptors (Lipinski definition) is 2. The first kappa shape index (κ1) is 27.3. The van der Waals surface area contributed by atoms with Crippen LogP contribution < -0.4 is 9.30 Å². The Kier molecular flexibility index (Phi) is 6.60. The molecule has 0 saturated heterocycles. The number of rotatable bonds is 10. The maximum atomic E-state index is 9.50. The van der Waals surface area contributed by atoms with Crippen LogP contribution in [0.3, 0.4) is 0 Å². The molecule has 0 N–H and O–H groups in total. The largest absolute Gasteiger partial charge is 0.458 e. The summed E-state index contributed by atoms with van der Waals surface area (Å²) in [6, 6.07) is 23.5. The summed E-state index contributed by atoms with van der Waals surface area (Å²) < 4.78 is 175. The predicted molar refractivity (Wildman–Crippen MR) is 291 cm³/mol. The molecule has 340 valence electrons. The monoisotopic (exact) mass is 934 g/mol. The fourth-order valence-electron chi connectivity index (χ4n) is 9.61. The number of fused-ring (bicyclic) bond motifs is 7. The minimum atomic E-state index is -0.625. The van der Waals surface area contributed by atoms with Crippen LogP contribution in [0.25, 0.3) is 99.8 Å². The van der Waals surface area contributed by atoms with Crippen molar-refractivity contribution in [1.29, 1.82) is 0 Å². The quantitative estimate of drug-likeness (QED) is 0.101. The molecule has 0 saturated carbocycles. The Labute approximate surface area is 437 Å². The van der Waals surface area contributed by atoms with Crippen molar-refractivity contribution in [2.24, 2.45) is 5.92 Å². The van der Waals surface area contributed by atoms with Gasteiger partial charge in [-0.25, -0.2) is 4.98 Å². The number of nitrogens with zero attached hydrogens (tertiary/aromatic N) is 5. The first-order valence-electron chi connectivity index (χ1n) is 32.0. The van der Waals surface area contributed by atoms with Crippen LogP contribution >= 0.6 is 0 Å². The standard InChI is InChI=1S/C65H49N5O/c1-43(2)44(3)47-36-37-66-63(38-47)70-58-33-15-12-28-55(58)64-61(69-56-31-13-10-26-53(56)54-27-11-14-32-57(54)69)40-50(41-62(64)70)71-49-25-18-24-48(39-49)67-42-68(60-35-17-16-34-59(60)67)65-51(45-20-6-4-7-21-45)29-19-30-52(65)46-22-8-5-9-23-46/h4-41,43-44H,1-3H3/i4D,5D,6D,7D,8D,9D,10D,11D,13D,14D,20D,21D,22D,23D,26D,27D,31D,32D. The molecule has 0 aliphatic carbocycles. The van der Waals surface area contributed by atoms with Gasteiger partial charge in [-0.3, -0.25) is 13.7 Å². The van der Waals surface area contributed by atoms with Crippen molar-refractivity contribution < 1.29 is 34.0 Å². The number of hydrogen-bond donors (Lipinski definition) is 0. The second-order valence-corrected chi connectivity index (χ2v) is 17.5. The van der Waals surface area contributed by atoms with Gasteiger partial charge in [-0.05, 0) is 88.1 Å². The summed E-state index contributed by atoms with van der Waals surface area (Å²) in [5.41, 5.74) is 3.53. The van der Waals surface area contributed by atoms with Crippen LogP contribution in [-0.4, -0.2) is 18.7 Å². The van der Waals surface area contributed by atoms with E-state index in [1.54, 1.807) is 69.9 Å². The van der Waals surface area contributed by atoms with Gasteiger partial charge >= 0.3 is 0 Å². The van der Waals surface area contributed by atoms with E-state index in [9.17, 15) is 5.48 Å². The highest BCUT2D eigenvalue weighted by Crippen LogP contribution is 2.43. The van der Waals surface area contributed by atoms with E-state index in [0.29, 0.717) is 44.3 Å². The zero-order valence-electron chi connectivity index (χ0n) is 56.3. The zero-order valence-corrected chi connectivity index (χ0v) is 38.3. The maximum absolute atomic E-state index is 9.50. The van der Waals surface area contributed by atoms with Gasteiger partial charge in [0.25, 0.3) is 6.33 Å². The fourth-order valence-corrected chi connectivity index (χ4v) is 9.61. The zero-order chi connectivity index (χ0) is 63.2. The lowest BCUT2D eigenvalue weighted by Crippen LogP contribution is -2.31. The van der Waals surface area contributed by atoms with E-state index >= 15 is 0 Å². The number of aromatic nitrogens is 5. The lowest BCUT2D eigenvalue weighted by atomic mass is 9.91. The van der Waals surface area contributed by atoms with E-state index in [4.69, 9.17) is 28.9 Å². The van der Waals surface area contributed by atoms with Crippen molar-refractivity contribution in [3.8, 4) is 56.6 Å². The average Bonchev–Trinajstić information content (AvgIpc) is 1.56. The number of pyridine rings is 1. The van der Waals surface area contributed by atoms with Crippen molar-refractivity contribution >= 4 is 54.6 Å². The van der Waals surface area contributed by atoms with Gasteiger partial charge in [0.1, 0.15) is 17.3 Å². The second kappa shape index (κ2) is 17.2. The molecule has 6 heteroatoms. The smallest absolute Gasteiger partial charge is 0.269 e. The summed E-state index contributed by atoms with van der Waals surface area (Å²) >= 11 is 0. The molecule has 0 spiro atoms. The predicted octanol–water partition coefficient (Wildman–Crippen LogP) is 16.2. The molecule has 13 aromatic rings. The Morgan fingerprint density at radius 1 is 0.535 bits per heavy atom. The van der Waals surface area contributed by atoms with E-state index in [2.05, 4.69) is 27.1 Å². The highest BCUT2D eigenvalue weighted by molar-refractivity contribution is 6.16. The van der Waals surface area contributed by atoms with Gasteiger partial charge in [-0.1, -0.05) is 184 Å². The molecule has 0 amide bonds. The Bertz CT molecular complexity index is 5020. The summed E-state index contributed by atoms with van der Waals surface area (Å²) in [6.45, 7) is 6.41. The molecule has 0 bridgehead atoms. The van der Waals surface area contributed by atoms with Crippen molar-refractivity contribution in [3.63, 3.8) is 0 Å². The first-order chi connectivity index (χ1) is 42.4. The summed E-state index contributed by atoms with van der Waals surface area (Å²) in [5, 5.41) is 1.01. The van der Waals surface area contributed by atoms with E-state index in [1.165, 1.54) is 22.8 Å². The minimum absolute atomic E-state index is 0.0712. The Morgan fingerprint density at radius 2 is 1.17 bits per heavy atom. The maximum Gasteiger partial charge on any atom is 0.269 e. The summed E-state index contributed by atoms with van der Waals surface area (Å²) in [6.07, 6.45) is 5.15. The van der Waals surface area contributed by atoms with E-state index in [1.807, 2.05) is 47.0 Å². The highest BCUT2D eigenvalue weighted by Gasteiger charge is 2.24. The molecule has 1 unspecified atom stereocenters. The van der Waals surface area contributed by atoms with Gasteiger partial charge in [0.15, 0.2) is 0 Å². The molecule has 0 aliphatic rings. The fraction of sp³-hybridized carbons (Fsp3) is 0.0769. The average molecular weight is 934 g/mol. The van der Waals surface area contributed by atoms with Gasteiger partial charge in [0.2, 0.25) is 0 Å². The molecule has 4 heterocycles. The summed E-state index contributed by atoms with van der Waals surface area (Å²) in [7, 11) is 0. The molecule has 4 aromatic heterocycles. The third kappa shape index (κ3) is 7.09. The molecule has 1 atom stereocenters. The van der Waals surface area contributed by atoms with E-state index < -0.39 is 109 Å². The Hall–Kier alpha value is -9.00. The van der Waals surface area contributed by atoms with Crippen LogP contribution in [0.5, 0.6) is 11.5 Å². The topological polar surface area (TPSA) is 40.8 Å². The van der Waals surface area contributed by atoms with Crippen LogP contribution in [0, 0.1) is 12.2 Å².